The summed E-state index contributed by atoms with van der Waals surface area (Å²) in [5, 5.41) is 1.98. The number of hydrogen-bond acceptors (Lipinski definition) is 3. The molecule has 0 spiro atoms. The Hall–Kier alpha value is -1.17. The lowest BCUT2D eigenvalue weighted by molar-refractivity contribution is -0.135. The maximum absolute atomic E-state index is 12.3. The highest BCUT2D eigenvalue weighted by atomic mass is 79.9. The average molecular weight is 381 g/mol. The molecule has 0 unspecified atom stereocenters. The Labute approximate surface area is 147 Å². The number of carbonyl (C=O) groups excluding carboxylic acids is 1. The molecule has 0 aliphatic carbocycles. The zero-order valence-electron chi connectivity index (χ0n) is 14.1. The second-order valence-electron chi connectivity index (χ2n) is 5.58. The summed E-state index contributed by atoms with van der Waals surface area (Å²) < 4.78 is 1.15. The first-order valence-corrected chi connectivity index (χ1v) is 8.96. The van der Waals surface area contributed by atoms with Crippen LogP contribution < -0.4 is 0 Å². The molecule has 4 nitrogen and oxygen atoms in total. The molecule has 0 aromatic heterocycles. The maximum atomic E-state index is 12.3. The Morgan fingerprint density at radius 2 is 1.65 bits per heavy atom. The third-order valence-corrected chi connectivity index (χ3v) is 5.35. The van der Waals surface area contributed by atoms with E-state index >= 15 is 0 Å². The van der Waals surface area contributed by atoms with Crippen molar-refractivity contribution < 1.29 is 9.63 Å². The number of benzene rings is 1. The molecule has 0 atom stereocenters. The van der Waals surface area contributed by atoms with Crippen LogP contribution in [0.1, 0.15) is 42.6 Å². The molecule has 5 heteroatoms. The van der Waals surface area contributed by atoms with Crippen molar-refractivity contribution in [3.05, 3.63) is 41.0 Å². The molecular formula is C18H25BrN2O2. The fourth-order valence-electron chi connectivity index (χ4n) is 2.81. The molecule has 23 heavy (non-hydrogen) atoms. The van der Waals surface area contributed by atoms with E-state index in [1.165, 1.54) is 5.57 Å². The molecule has 0 bridgehead atoms. The lowest BCUT2D eigenvalue weighted by Crippen LogP contribution is -2.30. The van der Waals surface area contributed by atoms with Crippen LogP contribution in [0.25, 0.3) is 4.48 Å². The fraction of sp³-hybridized carbons (Fsp3) is 0.500. The van der Waals surface area contributed by atoms with Crippen LogP contribution in [0.5, 0.6) is 0 Å². The van der Waals surface area contributed by atoms with Crippen molar-refractivity contribution in [2.24, 2.45) is 0 Å². The molecule has 1 aromatic rings. The van der Waals surface area contributed by atoms with Crippen LogP contribution in [-0.2, 0) is 4.84 Å². The van der Waals surface area contributed by atoms with Crippen LogP contribution in [0, 0.1) is 0 Å². The van der Waals surface area contributed by atoms with Crippen molar-refractivity contribution in [2.45, 2.75) is 26.7 Å². The fourth-order valence-corrected chi connectivity index (χ4v) is 3.48. The number of carbonyl (C=O) groups is 1. The minimum atomic E-state index is 0.0960. The number of rotatable bonds is 5. The molecular weight excluding hydrogens is 356 g/mol. The van der Waals surface area contributed by atoms with Gasteiger partial charge in [0.2, 0.25) is 0 Å². The van der Waals surface area contributed by atoms with E-state index in [0.717, 1.165) is 54.6 Å². The van der Waals surface area contributed by atoms with Gasteiger partial charge >= 0.3 is 0 Å². The Morgan fingerprint density at radius 1 is 1.13 bits per heavy atom. The zero-order valence-corrected chi connectivity index (χ0v) is 15.7. The van der Waals surface area contributed by atoms with Crippen molar-refractivity contribution in [3.8, 4) is 0 Å². The lowest BCUT2D eigenvalue weighted by Gasteiger charge is -2.26. The number of hydroxylamine groups is 2. The highest BCUT2D eigenvalue weighted by molar-refractivity contribution is 9.15. The Kier molecular flexibility index (Phi) is 6.81. The largest absolute Gasteiger partial charge is 0.339 e. The highest BCUT2D eigenvalue weighted by Crippen LogP contribution is 2.31. The van der Waals surface area contributed by atoms with Crippen molar-refractivity contribution in [1.29, 1.82) is 0 Å². The van der Waals surface area contributed by atoms with Gasteiger partial charge in [0.15, 0.2) is 0 Å². The summed E-state index contributed by atoms with van der Waals surface area (Å²) in [6.07, 6.45) is 1.99. The summed E-state index contributed by atoms with van der Waals surface area (Å²) in [4.78, 5) is 19.4. The van der Waals surface area contributed by atoms with E-state index in [2.05, 4.69) is 15.9 Å². The standard InChI is InChI=1S/C18H25BrN2O2/c1-4-20(5-2)18(22)16-8-6-14(7-9-16)17(19)15-10-12-21(23-3)13-11-15/h6-9H,4-5,10-13H2,1-3H3. The molecule has 126 valence electrons. The van der Waals surface area contributed by atoms with Crippen LogP contribution in [0.2, 0.25) is 0 Å². The Morgan fingerprint density at radius 3 is 2.13 bits per heavy atom. The normalized spacial score (nSPS) is 15.6. The van der Waals surface area contributed by atoms with Crippen molar-refractivity contribution in [2.75, 3.05) is 33.3 Å². The van der Waals surface area contributed by atoms with E-state index in [0.29, 0.717) is 0 Å². The number of piperidine rings is 1. The van der Waals surface area contributed by atoms with Crippen LogP contribution >= 0.6 is 15.9 Å². The van der Waals surface area contributed by atoms with Crippen LogP contribution in [0.3, 0.4) is 0 Å². The first-order valence-electron chi connectivity index (χ1n) is 8.17. The molecule has 1 heterocycles. The van der Waals surface area contributed by atoms with Gasteiger partial charge in [0.25, 0.3) is 5.91 Å². The highest BCUT2D eigenvalue weighted by Gasteiger charge is 2.17. The van der Waals surface area contributed by atoms with Gasteiger partial charge in [0.05, 0.1) is 7.11 Å². The maximum Gasteiger partial charge on any atom is 0.253 e. The molecule has 1 aliphatic rings. The smallest absolute Gasteiger partial charge is 0.253 e. The van der Waals surface area contributed by atoms with Crippen LogP contribution in [0.4, 0.5) is 0 Å². The Balaban J connectivity index is 2.11. The molecule has 0 radical (unpaired) electrons. The van der Waals surface area contributed by atoms with Crippen LogP contribution in [0.15, 0.2) is 29.8 Å². The minimum absolute atomic E-state index is 0.0960. The molecule has 1 aliphatic heterocycles. The van der Waals surface area contributed by atoms with Gasteiger partial charge in [0, 0.05) is 36.2 Å². The first kappa shape index (κ1) is 18.2. The van der Waals surface area contributed by atoms with E-state index in [-0.39, 0.29) is 5.91 Å². The van der Waals surface area contributed by atoms with Gasteiger partial charge in [0.1, 0.15) is 0 Å². The van der Waals surface area contributed by atoms with Gasteiger partial charge < -0.3 is 9.74 Å². The first-order chi connectivity index (χ1) is 11.1. The summed E-state index contributed by atoms with van der Waals surface area (Å²) in [6.45, 7) is 7.31. The third kappa shape index (κ3) is 4.43. The van der Waals surface area contributed by atoms with Crippen molar-refractivity contribution in [3.63, 3.8) is 0 Å². The van der Waals surface area contributed by atoms with Crippen molar-refractivity contribution >= 4 is 26.3 Å². The second kappa shape index (κ2) is 8.62. The van der Waals surface area contributed by atoms with Crippen molar-refractivity contribution in [1.82, 2.24) is 9.96 Å². The SMILES string of the molecule is CCN(CC)C(=O)c1ccc(C(Br)=C2CCN(OC)CC2)cc1. The van der Waals surface area contributed by atoms with Gasteiger partial charge in [-0.1, -0.05) is 33.6 Å². The molecule has 1 aromatic carbocycles. The summed E-state index contributed by atoms with van der Waals surface area (Å²) in [5.41, 5.74) is 3.28. The second-order valence-corrected chi connectivity index (χ2v) is 6.38. The monoisotopic (exact) mass is 380 g/mol. The number of halogens is 1. The van der Waals surface area contributed by atoms with Gasteiger partial charge in [-0.25, -0.2) is 0 Å². The third-order valence-electron chi connectivity index (χ3n) is 4.33. The summed E-state index contributed by atoms with van der Waals surface area (Å²) in [5.74, 6) is 0.0960. The minimum Gasteiger partial charge on any atom is -0.339 e. The molecule has 0 N–H and O–H groups in total. The molecule has 1 saturated heterocycles. The Bertz CT molecular complexity index is 555. The summed E-state index contributed by atoms with van der Waals surface area (Å²) >= 11 is 3.73. The molecule has 2 rings (SSSR count). The van der Waals surface area contributed by atoms with Crippen LogP contribution in [-0.4, -0.2) is 49.2 Å². The zero-order chi connectivity index (χ0) is 16.8. The predicted molar refractivity (Wildman–Crippen MR) is 97.4 cm³/mol. The molecule has 1 amide bonds. The predicted octanol–water partition coefficient (Wildman–Crippen LogP) is 3.93. The van der Waals surface area contributed by atoms with Gasteiger partial charge in [-0.2, -0.15) is 5.06 Å². The van der Waals surface area contributed by atoms with E-state index < -0.39 is 0 Å². The van der Waals surface area contributed by atoms with Gasteiger partial charge in [-0.15, -0.1) is 0 Å². The van der Waals surface area contributed by atoms with E-state index in [4.69, 9.17) is 4.84 Å². The quantitative estimate of drug-likeness (QED) is 0.775. The average Bonchev–Trinajstić information content (AvgIpc) is 2.62. The molecule has 0 saturated carbocycles. The summed E-state index contributed by atoms with van der Waals surface area (Å²) in [7, 11) is 1.72. The van der Waals surface area contributed by atoms with E-state index in [9.17, 15) is 4.79 Å². The van der Waals surface area contributed by atoms with Gasteiger partial charge in [-0.05, 0) is 44.4 Å². The number of amides is 1. The number of hydrogen-bond donors (Lipinski definition) is 0. The van der Waals surface area contributed by atoms with E-state index in [1.807, 2.05) is 48.1 Å². The number of nitrogens with zero attached hydrogens (tertiary/aromatic N) is 2. The van der Waals surface area contributed by atoms with Gasteiger partial charge in [-0.3, -0.25) is 4.79 Å². The molecule has 1 fully saturated rings. The lowest BCUT2D eigenvalue weighted by atomic mass is 10.0. The topological polar surface area (TPSA) is 32.8 Å². The van der Waals surface area contributed by atoms with E-state index in [1.54, 1.807) is 7.11 Å². The summed E-state index contributed by atoms with van der Waals surface area (Å²) in [6, 6.07) is 7.89.